The van der Waals surface area contributed by atoms with E-state index in [9.17, 15) is 0 Å². The number of aromatic nitrogens is 3. The average molecular weight is 908 g/mol. The lowest BCUT2D eigenvalue weighted by atomic mass is 10.1. The van der Waals surface area contributed by atoms with Gasteiger partial charge in [0.1, 0.15) is 0 Å². The second-order valence-electron chi connectivity index (χ2n) is 18.4. The summed E-state index contributed by atoms with van der Waals surface area (Å²) >= 11 is 0. The van der Waals surface area contributed by atoms with Crippen LogP contribution in [-0.4, -0.2) is 21.8 Å². The summed E-state index contributed by atoms with van der Waals surface area (Å²) in [6.07, 6.45) is 0. The minimum atomic E-state index is -2.97. The zero-order chi connectivity index (χ0) is 46.2. The van der Waals surface area contributed by atoms with Gasteiger partial charge in [-0.15, -0.1) is 0 Å². The van der Waals surface area contributed by atoms with Gasteiger partial charge in [-0.25, -0.2) is 0 Å². The molecule has 0 aliphatic rings. The maximum absolute atomic E-state index is 2.97. The van der Waals surface area contributed by atoms with Gasteiger partial charge >= 0.3 is 0 Å². The van der Waals surface area contributed by atoms with E-state index in [2.05, 4.69) is 287 Å². The molecule has 0 unspecified atom stereocenters. The Morgan fingerprint density at radius 3 is 1.26 bits per heavy atom. The third kappa shape index (κ3) is 5.94. The van der Waals surface area contributed by atoms with E-state index in [-0.39, 0.29) is 0 Å². The van der Waals surface area contributed by atoms with Crippen LogP contribution in [0.3, 0.4) is 0 Å². The fraction of sp³-hybridized carbons (Fsp3) is 0. The van der Waals surface area contributed by atoms with Crippen LogP contribution in [0.5, 0.6) is 0 Å². The summed E-state index contributed by atoms with van der Waals surface area (Å²) in [7, 11) is -2.97. The van der Waals surface area contributed by atoms with Gasteiger partial charge < -0.3 is 13.7 Å². The van der Waals surface area contributed by atoms with E-state index >= 15 is 0 Å². The SMILES string of the molecule is c1ccc(-c2cccc(-n3c4ccc(-n5c6ccccc6c6cccc([Si](c7ccccc7)(c7ccccc7)c7ccccc7)c65)cc4c4cccc(-n5c6ccccc6c6ccccc65)c43)c2)cc1. The molecule has 3 nitrogen and oxygen atoms in total. The van der Waals surface area contributed by atoms with Crippen LogP contribution in [0.15, 0.2) is 273 Å². The summed E-state index contributed by atoms with van der Waals surface area (Å²) in [5.41, 5.74) is 12.9. The van der Waals surface area contributed by atoms with Crippen LogP contribution in [0.4, 0.5) is 0 Å². The predicted molar refractivity (Wildman–Crippen MR) is 299 cm³/mol. The molecule has 0 saturated carbocycles. The lowest BCUT2D eigenvalue weighted by Gasteiger charge is -2.35. The highest BCUT2D eigenvalue weighted by Gasteiger charge is 2.43. The number of rotatable bonds is 8. The number of para-hydroxylation sites is 5. The van der Waals surface area contributed by atoms with E-state index in [1.807, 2.05) is 0 Å². The topological polar surface area (TPSA) is 14.8 Å². The van der Waals surface area contributed by atoms with Crippen molar-refractivity contribution in [3.05, 3.63) is 273 Å². The molecule has 0 fully saturated rings. The standard InChI is InChI=1S/C66H45N3Si/c1-5-22-46(23-6-1)47-24-19-25-48(44-47)67-62-43-42-49(45-58(62)57-35-20-40-63(65(57)67)69-60-38-17-13-32-53(60)54-33-14-18-39-61(54)69)68-59-37-16-15-34-55(59)56-36-21-41-64(66(56)68)70(50-26-7-2-8-27-50,51-28-9-3-10-29-51)52-30-11-4-12-31-52/h1-45H. The lowest BCUT2D eigenvalue weighted by molar-refractivity contribution is 1.13. The van der Waals surface area contributed by atoms with Crippen molar-refractivity contribution < 1.29 is 0 Å². The van der Waals surface area contributed by atoms with Gasteiger partial charge in [-0.1, -0.05) is 218 Å². The van der Waals surface area contributed by atoms with Crippen LogP contribution in [0.2, 0.25) is 0 Å². The normalized spacial score (nSPS) is 12.0. The summed E-state index contributed by atoms with van der Waals surface area (Å²) in [4.78, 5) is 0. The van der Waals surface area contributed by atoms with Gasteiger partial charge in [-0.2, -0.15) is 0 Å². The average Bonchev–Trinajstić information content (AvgIpc) is 4.09. The zero-order valence-electron chi connectivity index (χ0n) is 38.3. The second kappa shape index (κ2) is 16.1. The molecule has 0 aliphatic heterocycles. The Morgan fingerprint density at radius 1 is 0.243 bits per heavy atom. The molecule has 3 aromatic heterocycles. The highest BCUT2D eigenvalue weighted by Crippen LogP contribution is 2.42. The number of benzene rings is 11. The third-order valence-corrected chi connectivity index (χ3v) is 19.6. The molecule has 0 radical (unpaired) electrons. The summed E-state index contributed by atoms with van der Waals surface area (Å²) in [6, 6.07) is 101. The van der Waals surface area contributed by atoms with Crippen molar-refractivity contribution >= 4 is 94.2 Å². The molecule has 0 amide bonds. The molecule has 0 bridgehead atoms. The van der Waals surface area contributed by atoms with Crippen molar-refractivity contribution in [3.8, 4) is 28.2 Å². The molecule has 14 aromatic rings. The molecule has 0 spiro atoms. The lowest BCUT2D eigenvalue weighted by Crippen LogP contribution is -2.75. The Labute approximate surface area is 407 Å². The summed E-state index contributed by atoms with van der Waals surface area (Å²) in [6.45, 7) is 0. The molecule has 14 rings (SSSR count). The van der Waals surface area contributed by atoms with Gasteiger partial charge in [0.05, 0.1) is 38.8 Å². The number of hydrogen-bond donors (Lipinski definition) is 0. The van der Waals surface area contributed by atoms with Crippen LogP contribution in [0.25, 0.3) is 93.6 Å². The summed E-state index contributed by atoms with van der Waals surface area (Å²) in [5, 5.41) is 12.8. The Bertz CT molecular complexity index is 4130. The molecule has 0 aliphatic carbocycles. The van der Waals surface area contributed by atoms with E-state index in [1.165, 1.54) is 86.3 Å². The minimum Gasteiger partial charge on any atom is -0.309 e. The smallest absolute Gasteiger partial charge is 0.181 e. The minimum absolute atomic E-state index is 1.12. The molecule has 3 heterocycles. The Kier molecular flexibility index (Phi) is 9.23. The van der Waals surface area contributed by atoms with E-state index in [1.54, 1.807) is 0 Å². The summed E-state index contributed by atoms with van der Waals surface area (Å²) in [5.74, 6) is 0. The van der Waals surface area contributed by atoms with Crippen LogP contribution in [0, 0.1) is 0 Å². The molecule has 11 aromatic carbocycles. The van der Waals surface area contributed by atoms with Crippen molar-refractivity contribution in [2.75, 3.05) is 0 Å². The predicted octanol–water partition coefficient (Wildman–Crippen LogP) is 14.0. The number of hydrogen-bond acceptors (Lipinski definition) is 0. The maximum atomic E-state index is 2.58. The molecule has 4 heteroatoms. The molecule has 0 atom stereocenters. The highest BCUT2D eigenvalue weighted by atomic mass is 28.3. The van der Waals surface area contributed by atoms with Crippen molar-refractivity contribution in [2.24, 2.45) is 0 Å². The first-order chi connectivity index (χ1) is 34.8. The first-order valence-electron chi connectivity index (χ1n) is 24.2. The first kappa shape index (κ1) is 40.1. The largest absolute Gasteiger partial charge is 0.309 e. The molecule has 70 heavy (non-hydrogen) atoms. The molecule has 0 saturated heterocycles. The zero-order valence-corrected chi connectivity index (χ0v) is 39.3. The van der Waals surface area contributed by atoms with Crippen molar-refractivity contribution in [1.82, 2.24) is 13.7 Å². The van der Waals surface area contributed by atoms with Crippen LogP contribution in [-0.2, 0) is 0 Å². The van der Waals surface area contributed by atoms with E-state index < -0.39 is 8.07 Å². The van der Waals surface area contributed by atoms with Gasteiger partial charge in [0.25, 0.3) is 0 Å². The van der Waals surface area contributed by atoms with Gasteiger partial charge in [0.2, 0.25) is 0 Å². The molecular weight excluding hydrogens is 863 g/mol. The van der Waals surface area contributed by atoms with Crippen LogP contribution < -0.4 is 20.7 Å². The van der Waals surface area contributed by atoms with Gasteiger partial charge in [0.15, 0.2) is 8.07 Å². The van der Waals surface area contributed by atoms with E-state index in [0.717, 1.165) is 28.1 Å². The van der Waals surface area contributed by atoms with Gasteiger partial charge in [-0.3, -0.25) is 0 Å². The number of nitrogens with zero attached hydrogens (tertiary/aromatic N) is 3. The van der Waals surface area contributed by atoms with E-state index in [4.69, 9.17) is 0 Å². The van der Waals surface area contributed by atoms with Crippen LogP contribution >= 0.6 is 0 Å². The quantitative estimate of drug-likeness (QED) is 0.107. The van der Waals surface area contributed by atoms with E-state index in [0.29, 0.717) is 0 Å². The molecule has 328 valence electrons. The Morgan fingerprint density at radius 2 is 0.657 bits per heavy atom. The highest BCUT2D eigenvalue weighted by molar-refractivity contribution is 7.20. The maximum Gasteiger partial charge on any atom is 0.181 e. The Balaban J connectivity index is 1.11. The second-order valence-corrected chi connectivity index (χ2v) is 22.2. The Hall–Kier alpha value is -8.96. The van der Waals surface area contributed by atoms with Crippen molar-refractivity contribution in [1.29, 1.82) is 0 Å². The third-order valence-electron chi connectivity index (χ3n) is 14.8. The summed E-state index contributed by atoms with van der Waals surface area (Å²) < 4.78 is 7.56. The fourth-order valence-corrected chi connectivity index (χ4v) is 16.8. The first-order valence-corrected chi connectivity index (χ1v) is 26.2. The molecular formula is C66H45N3Si. The van der Waals surface area contributed by atoms with Gasteiger partial charge in [0, 0.05) is 43.7 Å². The van der Waals surface area contributed by atoms with Crippen LogP contribution in [0.1, 0.15) is 0 Å². The fourth-order valence-electron chi connectivity index (χ4n) is 11.9. The number of fused-ring (bicyclic) bond motifs is 9. The molecule has 0 N–H and O–H groups in total. The van der Waals surface area contributed by atoms with Crippen molar-refractivity contribution in [3.63, 3.8) is 0 Å². The van der Waals surface area contributed by atoms with Crippen molar-refractivity contribution in [2.45, 2.75) is 0 Å². The monoisotopic (exact) mass is 907 g/mol. The van der Waals surface area contributed by atoms with Gasteiger partial charge in [-0.05, 0) is 86.5 Å².